The molecular weight excluding hydrogens is 328 g/mol. The molecule has 1 amide bonds. The van der Waals surface area contributed by atoms with Crippen molar-refractivity contribution in [3.8, 4) is 5.75 Å². The summed E-state index contributed by atoms with van der Waals surface area (Å²) in [6, 6.07) is 6.91. The molecule has 1 aliphatic carbocycles. The lowest BCUT2D eigenvalue weighted by Crippen LogP contribution is -2.39. The summed E-state index contributed by atoms with van der Waals surface area (Å²) >= 11 is 0. The van der Waals surface area contributed by atoms with Gasteiger partial charge in [-0.05, 0) is 37.3 Å². The molecule has 2 aliphatic rings. The lowest BCUT2D eigenvalue weighted by Gasteiger charge is -2.22. The van der Waals surface area contributed by atoms with Crippen LogP contribution < -0.4 is 20.7 Å². The number of nitrogens with one attached hydrogen (secondary N) is 1. The number of benzene rings is 1. The van der Waals surface area contributed by atoms with Crippen molar-refractivity contribution in [3.63, 3.8) is 0 Å². The van der Waals surface area contributed by atoms with Gasteiger partial charge >= 0.3 is 6.61 Å². The van der Waals surface area contributed by atoms with Crippen LogP contribution in [0, 0.1) is 5.92 Å². The third-order valence-corrected chi connectivity index (χ3v) is 5.14. The first-order chi connectivity index (χ1) is 12.0. The Hall–Kier alpha value is -1.89. The average Bonchev–Trinajstić information content (AvgIpc) is 3.17. The first-order valence-electron chi connectivity index (χ1n) is 8.86. The summed E-state index contributed by atoms with van der Waals surface area (Å²) in [6.07, 6.45) is 4.37. The number of ether oxygens (including phenoxy) is 1. The molecule has 7 heteroatoms. The van der Waals surface area contributed by atoms with Crippen LogP contribution in [0.1, 0.15) is 32.1 Å². The molecule has 1 aromatic rings. The number of anilines is 1. The number of alkyl halides is 2. The molecule has 1 saturated carbocycles. The van der Waals surface area contributed by atoms with Gasteiger partial charge in [0.05, 0.1) is 5.69 Å². The van der Waals surface area contributed by atoms with Crippen LogP contribution in [0.15, 0.2) is 24.3 Å². The van der Waals surface area contributed by atoms with Crippen LogP contribution in [0.4, 0.5) is 14.5 Å². The lowest BCUT2D eigenvalue weighted by molar-refractivity contribution is -0.122. The summed E-state index contributed by atoms with van der Waals surface area (Å²) in [5, 5.41) is 3.06. The molecule has 138 valence electrons. The third kappa shape index (κ3) is 4.60. The number of amides is 1. The Labute approximate surface area is 146 Å². The van der Waals surface area contributed by atoms with Crippen LogP contribution in [-0.2, 0) is 4.79 Å². The van der Waals surface area contributed by atoms with Gasteiger partial charge in [0.2, 0.25) is 5.91 Å². The summed E-state index contributed by atoms with van der Waals surface area (Å²) < 4.78 is 29.7. The molecule has 1 aromatic carbocycles. The molecule has 2 fully saturated rings. The standard InChI is InChI=1S/C18H25F2N3O2/c19-18(20)25-16-7-2-1-6-15(16)23-9-8-13(11-23)22-17(24)10-12-4-3-5-14(12)21/h1-2,6-7,12-14,18H,3-5,8-11,21H2,(H,22,24)/t12-,13?,14+/m0/s1. The number of para-hydroxylation sites is 2. The second kappa shape index (κ2) is 7.99. The van der Waals surface area contributed by atoms with Crippen LogP contribution >= 0.6 is 0 Å². The molecule has 0 aromatic heterocycles. The highest BCUT2D eigenvalue weighted by Crippen LogP contribution is 2.32. The van der Waals surface area contributed by atoms with Crippen molar-refractivity contribution in [1.29, 1.82) is 0 Å². The maximum absolute atomic E-state index is 12.6. The fraction of sp³-hybridized carbons (Fsp3) is 0.611. The normalized spacial score (nSPS) is 26.2. The van der Waals surface area contributed by atoms with Crippen molar-refractivity contribution in [2.75, 3.05) is 18.0 Å². The van der Waals surface area contributed by atoms with Crippen LogP contribution in [-0.4, -0.2) is 37.7 Å². The van der Waals surface area contributed by atoms with E-state index in [-0.39, 0.29) is 29.7 Å². The van der Waals surface area contributed by atoms with E-state index in [4.69, 9.17) is 5.73 Å². The summed E-state index contributed by atoms with van der Waals surface area (Å²) in [7, 11) is 0. The topological polar surface area (TPSA) is 67.6 Å². The maximum atomic E-state index is 12.6. The second-order valence-electron chi connectivity index (χ2n) is 6.90. The molecule has 0 radical (unpaired) electrons. The Morgan fingerprint density at radius 2 is 2.12 bits per heavy atom. The van der Waals surface area contributed by atoms with Gasteiger partial charge in [-0.3, -0.25) is 4.79 Å². The quantitative estimate of drug-likeness (QED) is 0.825. The SMILES string of the molecule is N[C@@H]1CCC[C@H]1CC(=O)NC1CCN(c2ccccc2OC(F)F)C1. The highest BCUT2D eigenvalue weighted by Gasteiger charge is 2.29. The summed E-state index contributed by atoms with van der Waals surface area (Å²) in [5.74, 6) is 0.477. The number of rotatable bonds is 6. The summed E-state index contributed by atoms with van der Waals surface area (Å²) in [6.45, 7) is -1.57. The zero-order valence-electron chi connectivity index (χ0n) is 14.2. The van der Waals surface area contributed by atoms with E-state index in [9.17, 15) is 13.6 Å². The lowest BCUT2D eigenvalue weighted by atomic mass is 9.99. The minimum absolute atomic E-state index is 0.0183. The zero-order chi connectivity index (χ0) is 17.8. The number of halogens is 2. The molecule has 5 nitrogen and oxygen atoms in total. The smallest absolute Gasteiger partial charge is 0.387 e. The van der Waals surface area contributed by atoms with Crippen molar-refractivity contribution in [2.45, 2.75) is 50.8 Å². The van der Waals surface area contributed by atoms with E-state index in [0.29, 0.717) is 25.2 Å². The number of nitrogens with two attached hydrogens (primary N) is 1. The third-order valence-electron chi connectivity index (χ3n) is 5.14. The minimum Gasteiger partial charge on any atom is -0.433 e. The predicted octanol–water partition coefficient (Wildman–Crippen LogP) is 2.50. The number of nitrogens with zero attached hydrogens (tertiary/aromatic N) is 1. The van der Waals surface area contributed by atoms with Gasteiger partial charge in [0.25, 0.3) is 0 Å². The number of hydrogen-bond acceptors (Lipinski definition) is 4. The van der Waals surface area contributed by atoms with Crippen molar-refractivity contribution >= 4 is 11.6 Å². The molecule has 3 rings (SSSR count). The Balaban J connectivity index is 1.54. The van der Waals surface area contributed by atoms with Crippen LogP contribution in [0.5, 0.6) is 5.75 Å². The van der Waals surface area contributed by atoms with E-state index in [1.54, 1.807) is 18.2 Å². The molecular formula is C18H25F2N3O2. The largest absolute Gasteiger partial charge is 0.433 e. The molecule has 25 heavy (non-hydrogen) atoms. The number of carbonyl (C=O) groups excluding carboxylic acids is 1. The molecule has 1 unspecified atom stereocenters. The van der Waals surface area contributed by atoms with E-state index in [0.717, 1.165) is 25.7 Å². The van der Waals surface area contributed by atoms with Crippen molar-refractivity contribution < 1.29 is 18.3 Å². The van der Waals surface area contributed by atoms with Gasteiger partial charge in [-0.15, -0.1) is 0 Å². The van der Waals surface area contributed by atoms with Gasteiger partial charge in [0.1, 0.15) is 5.75 Å². The van der Waals surface area contributed by atoms with Gasteiger partial charge in [0, 0.05) is 31.6 Å². The number of hydrogen-bond donors (Lipinski definition) is 2. The van der Waals surface area contributed by atoms with Crippen LogP contribution in [0.25, 0.3) is 0 Å². The van der Waals surface area contributed by atoms with E-state index in [1.165, 1.54) is 6.07 Å². The highest BCUT2D eigenvalue weighted by molar-refractivity contribution is 5.77. The predicted molar refractivity (Wildman–Crippen MR) is 91.8 cm³/mol. The summed E-state index contributed by atoms with van der Waals surface area (Å²) in [4.78, 5) is 14.2. The first kappa shape index (κ1) is 17.9. The van der Waals surface area contributed by atoms with Crippen molar-refractivity contribution in [3.05, 3.63) is 24.3 Å². The van der Waals surface area contributed by atoms with E-state index in [1.807, 2.05) is 4.90 Å². The molecule has 0 spiro atoms. The molecule has 1 heterocycles. The van der Waals surface area contributed by atoms with E-state index < -0.39 is 6.61 Å². The molecule has 1 aliphatic heterocycles. The molecule has 3 atom stereocenters. The highest BCUT2D eigenvalue weighted by atomic mass is 19.3. The van der Waals surface area contributed by atoms with Gasteiger partial charge in [-0.1, -0.05) is 18.6 Å². The second-order valence-corrected chi connectivity index (χ2v) is 6.90. The van der Waals surface area contributed by atoms with E-state index >= 15 is 0 Å². The Bertz CT molecular complexity index is 599. The first-order valence-corrected chi connectivity index (χ1v) is 8.86. The Morgan fingerprint density at radius 1 is 1.32 bits per heavy atom. The molecule has 3 N–H and O–H groups in total. The Kier molecular flexibility index (Phi) is 5.73. The Morgan fingerprint density at radius 3 is 2.84 bits per heavy atom. The zero-order valence-corrected chi connectivity index (χ0v) is 14.2. The minimum atomic E-state index is -2.85. The van der Waals surface area contributed by atoms with Crippen LogP contribution in [0.3, 0.4) is 0 Å². The van der Waals surface area contributed by atoms with E-state index in [2.05, 4.69) is 10.1 Å². The average molecular weight is 353 g/mol. The van der Waals surface area contributed by atoms with Crippen LogP contribution in [0.2, 0.25) is 0 Å². The van der Waals surface area contributed by atoms with Gasteiger partial charge in [0.15, 0.2) is 0 Å². The molecule has 0 bridgehead atoms. The van der Waals surface area contributed by atoms with Gasteiger partial charge in [-0.2, -0.15) is 8.78 Å². The fourth-order valence-corrected chi connectivity index (χ4v) is 3.85. The van der Waals surface area contributed by atoms with Gasteiger partial charge < -0.3 is 20.7 Å². The van der Waals surface area contributed by atoms with Crippen molar-refractivity contribution in [2.24, 2.45) is 11.7 Å². The maximum Gasteiger partial charge on any atom is 0.387 e. The monoisotopic (exact) mass is 353 g/mol. The summed E-state index contributed by atoms with van der Waals surface area (Å²) in [5.41, 5.74) is 6.66. The van der Waals surface area contributed by atoms with Crippen molar-refractivity contribution in [1.82, 2.24) is 5.32 Å². The fourth-order valence-electron chi connectivity index (χ4n) is 3.85. The molecule has 1 saturated heterocycles. The van der Waals surface area contributed by atoms with Gasteiger partial charge in [-0.25, -0.2) is 0 Å². The number of carbonyl (C=O) groups is 1.